The Morgan fingerprint density at radius 2 is 1.79 bits per heavy atom. The molecule has 0 aromatic heterocycles. The van der Waals surface area contributed by atoms with Crippen molar-refractivity contribution in [3.63, 3.8) is 0 Å². The number of carbonyl (C=O) groups excluding carboxylic acids is 1. The van der Waals surface area contributed by atoms with Gasteiger partial charge in [0.25, 0.3) is 5.69 Å². The van der Waals surface area contributed by atoms with E-state index >= 15 is 0 Å². The van der Waals surface area contributed by atoms with Gasteiger partial charge in [0.05, 0.1) is 4.92 Å². The number of carboxylic acid groups (broad SMARTS) is 1. The van der Waals surface area contributed by atoms with Gasteiger partial charge in [-0.25, -0.2) is 0 Å². The second kappa shape index (κ2) is 5.54. The molecule has 0 aliphatic carbocycles. The zero-order valence-electron chi connectivity index (χ0n) is 6.90. The minimum Gasteiger partial charge on any atom is -0.550 e. The number of hydrogen-bond donors (Lipinski definition) is 0. The predicted octanol–water partition coefficient (Wildman–Crippen LogP) is -0.115. The van der Waals surface area contributed by atoms with Crippen LogP contribution in [-0.2, 0) is 33.6 Å². The molecule has 0 unspecified atom stereocenters. The first-order chi connectivity index (χ1) is 6.09. The summed E-state index contributed by atoms with van der Waals surface area (Å²) < 4.78 is 0. The fourth-order valence-electron chi connectivity index (χ4n) is 0.902. The van der Waals surface area contributed by atoms with Crippen molar-refractivity contribution in [2.75, 3.05) is 0 Å². The van der Waals surface area contributed by atoms with Crippen LogP contribution in [0, 0.1) is 10.1 Å². The van der Waals surface area contributed by atoms with Gasteiger partial charge in [0.15, 0.2) is 0 Å². The van der Waals surface area contributed by atoms with Gasteiger partial charge >= 0.3 is 22.4 Å². The Labute approximate surface area is 95.4 Å². The van der Waals surface area contributed by atoms with Crippen molar-refractivity contribution in [3.05, 3.63) is 39.9 Å². The summed E-state index contributed by atoms with van der Waals surface area (Å²) in [6.45, 7) is 0. The average Bonchev–Trinajstić information content (AvgIpc) is 2.04. The van der Waals surface area contributed by atoms with E-state index in [1.165, 1.54) is 24.3 Å². The van der Waals surface area contributed by atoms with Crippen molar-refractivity contribution >= 4 is 11.7 Å². The summed E-state index contributed by atoms with van der Waals surface area (Å²) in [4.78, 5) is 19.8. The normalized spacial score (nSPS) is 8.86. The number of non-ortho nitro benzene ring substituents is 1. The van der Waals surface area contributed by atoms with Crippen LogP contribution in [0.15, 0.2) is 24.3 Å². The summed E-state index contributed by atoms with van der Waals surface area (Å²) in [6.07, 6.45) is -0.224. The maximum Gasteiger partial charge on any atom is 1.00 e. The summed E-state index contributed by atoms with van der Waals surface area (Å²) >= 11 is 0. The predicted molar refractivity (Wildman–Crippen MR) is 41.8 cm³/mol. The number of carbonyl (C=O) groups is 1. The fourth-order valence-corrected chi connectivity index (χ4v) is 0.902. The number of benzene rings is 1. The maximum absolute atomic E-state index is 10.2. The Morgan fingerprint density at radius 1 is 1.29 bits per heavy atom. The Morgan fingerprint density at radius 3 is 2.14 bits per heavy atom. The molecule has 0 aliphatic heterocycles. The van der Waals surface area contributed by atoms with E-state index in [1.807, 2.05) is 0 Å². The second-order valence-electron chi connectivity index (χ2n) is 2.47. The van der Waals surface area contributed by atoms with E-state index in [0.29, 0.717) is 5.56 Å². The molecular weight excluding hydrogens is 282 g/mol. The van der Waals surface area contributed by atoms with E-state index in [9.17, 15) is 20.0 Å². The van der Waals surface area contributed by atoms with Gasteiger partial charge in [-0.2, -0.15) is 0 Å². The number of aliphatic carboxylic acids is 1. The van der Waals surface area contributed by atoms with E-state index in [2.05, 4.69) is 0 Å². The third-order valence-corrected chi connectivity index (χ3v) is 1.50. The second-order valence-corrected chi connectivity index (χ2v) is 2.47. The smallest absolute Gasteiger partial charge is 0.550 e. The van der Waals surface area contributed by atoms with Gasteiger partial charge in [-0.15, -0.1) is 0 Å². The Hall–Kier alpha value is -1.17. The fraction of sp³-hybridized carbons (Fsp3) is 0.125. The summed E-state index contributed by atoms with van der Waals surface area (Å²) in [5.41, 5.74) is 0.438. The summed E-state index contributed by atoms with van der Waals surface area (Å²) in [7, 11) is 0. The zero-order valence-corrected chi connectivity index (χ0v) is 8.38. The van der Waals surface area contributed by atoms with E-state index in [4.69, 9.17) is 0 Å². The van der Waals surface area contributed by atoms with Crippen LogP contribution < -0.4 is 5.11 Å². The molecule has 0 amide bonds. The van der Waals surface area contributed by atoms with Crippen LogP contribution in [0.3, 0.4) is 0 Å². The molecule has 0 saturated heterocycles. The van der Waals surface area contributed by atoms with E-state index in [0.717, 1.165) is 0 Å². The first-order valence-electron chi connectivity index (χ1n) is 3.53. The number of nitrogens with zero attached hydrogens (tertiary/aromatic N) is 1. The van der Waals surface area contributed by atoms with E-state index in [1.54, 1.807) is 0 Å². The molecule has 0 saturated carbocycles. The van der Waals surface area contributed by atoms with Gasteiger partial charge in [0.2, 0.25) is 0 Å². The van der Waals surface area contributed by atoms with Crippen LogP contribution in [0.1, 0.15) is 5.56 Å². The van der Waals surface area contributed by atoms with Gasteiger partial charge in [-0.3, -0.25) is 10.1 Å². The molecule has 0 spiro atoms. The number of carboxylic acids is 1. The largest absolute Gasteiger partial charge is 1.00 e. The topological polar surface area (TPSA) is 83.3 Å². The quantitative estimate of drug-likeness (QED) is 0.441. The SMILES string of the molecule is O=C([O-])Cc1ccc([N+](=O)[O-])cc1.[Ag+]. The minimum absolute atomic E-state index is 0. The molecule has 0 bridgehead atoms. The average molecular weight is 288 g/mol. The number of hydrogen-bond acceptors (Lipinski definition) is 4. The third-order valence-electron chi connectivity index (χ3n) is 1.50. The number of nitro groups is 1. The van der Waals surface area contributed by atoms with Crippen molar-refractivity contribution in [2.45, 2.75) is 6.42 Å². The van der Waals surface area contributed by atoms with Crippen LogP contribution in [0.4, 0.5) is 5.69 Å². The van der Waals surface area contributed by atoms with Gasteiger partial charge < -0.3 is 9.90 Å². The molecule has 0 fully saturated rings. The summed E-state index contributed by atoms with van der Waals surface area (Å²) in [5.74, 6) is -1.20. The minimum atomic E-state index is -1.20. The molecule has 6 heteroatoms. The molecule has 0 radical (unpaired) electrons. The van der Waals surface area contributed by atoms with Crippen molar-refractivity contribution in [2.24, 2.45) is 0 Å². The molecule has 1 aromatic rings. The van der Waals surface area contributed by atoms with E-state index in [-0.39, 0.29) is 34.5 Å². The van der Waals surface area contributed by atoms with Gasteiger partial charge in [0.1, 0.15) is 0 Å². The zero-order chi connectivity index (χ0) is 9.84. The molecule has 14 heavy (non-hydrogen) atoms. The number of rotatable bonds is 3. The van der Waals surface area contributed by atoms with Crippen molar-refractivity contribution in [3.8, 4) is 0 Å². The van der Waals surface area contributed by atoms with Crippen LogP contribution >= 0.6 is 0 Å². The van der Waals surface area contributed by atoms with Gasteiger partial charge in [-0.05, 0) is 5.56 Å². The Bertz CT molecular complexity index is 336. The van der Waals surface area contributed by atoms with Crippen molar-refractivity contribution in [1.29, 1.82) is 0 Å². The monoisotopic (exact) mass is 287 g/mol. The maximum atomic E-state index is 10.2. The van der Waals surface area contributed by atoms with Gasteiger partial charge in [0, 0.05) is 24.5 Å². The summed E-state index contributed by atoms with van der Waals surface area (Å²) in [5, 5.41) is 20.4. The Kier molecular flexibility index (Phi) is 5.07. The Balaban J connectivity index is 0.00000169. The van der Waals surface area contributed by atoms with Crippen molar-refractivity contribution in [1.82, 2.24) is 0 Å². The molecule has 0 aliphatic rings. The van der Waals surface area contributed by atoms with E-state index < -0.39 is 10.9 Å². The van der Waals surface area contributed by atoms with Crippen LogP contribution in [-0.4, -0.2) is 10.9 Å². The van der Waals surface area contributed by atoms with Crippen LogP contribution in [0.5, 0.6) is 0 Å². The first kappa shape index (κ1) is 12.8. The molecule has 1 rings (SSSR count). The van der Waals surface area contributed by atoms with Gasteiger partial charge in [-0.1, -0.05) is 12.1 Å². The molecule has 0 atom stereocenters. The van der Waals surface area contributed by atoms with Crippen molar-refractivity contribution < 1.29 is 37.2 Å². The molecule has 0 heterocycles. The molecule has 78 valence electrons. The summed E-state index contributed by atoms with van der Waals surface area (Å²) in [6, 6.07) is 5.32. The van der Waals surface area contributed by atoms with Crippen LogP contribution in [0.25, 0.3) is 0 Å². The molecule has 0 N–H and O–H groups in total. The molecule has 1 aromatic carbocycles. The van der Waals surface area contributed by atoms with Crippen LogP contribution in [0.2, 0.25) is 0 Å². The third kappa shape index (κ3) is 3.69. The molecular formula is C8H6AgNO4. The number of nitro benzene ring substituents is 1. The first-order valence-corrected chi connectivity index (χ1v) is 3.53. The molecule has 5 nitrogen and oxygen atoms in total. The standard InChI is InChI=1S/C8H7NO4.Ag/c10-8(11)5-6-1-3-7(4-2-6)9(12)13;/h1-4H,5H2,(H,10,11);/q;+1/p-1.